The molecule has 0 aromatic heterocycles. The maximum Gasteiger partial charge on any atom is 0.320 e. The molecule has 0 amide bonds. The van der Waals surface area contributed by atoms with Gasteiger partial charge in [0.05, 0.1) is 25.7 Å². The second kappa shape index (κ2) is 6.37. The Kier molecular flexibility index (Phi) is 4.80. The zero-order valence-electron chi connectivity index (χ0n) is 11.8. The fourth-order valence-electron chi connectivity index (χ4n) is 3.32. The van der Waals surface area contributed by atoms with Gasteiger partial charge in [-0.15, -0.1) is 0 Å². The van der Waals surface area contributed by atoms with Gasteiger partial charge in [0.25, 0.3) is 0 Å². The zero-order valence-corrected chi connectivity index (χ0v) is 11.8. The van der Waals surface area contributed by atoms with Crippen molar-refractivity contribution in [3.05, 3.63) is 0 Å². The molecule has 0 radical (unpaired) electrons. The summed E-state index contributed by atoms with van der Waals surface area (Å²) < 4.78 is 10.1. The molecule has 3 aliphatic rings. The van der Waals surface area contributed by atoms with E-state index in [1.54, 1.807) is 0 Å². The van der Waals surface area contributed by atoms with E-state index in [0.29, 0.717) is 31.7 Å². The normalized spacial score (nSPS) is 30.1. The average molecular weight is 269 g/mol. The lowest BCUT2D eigenvalue weighted by molar-refractivity contribution is -0.157. The summed E-state index contributed by atoms with van der Waals surface area (Å²) in [6.07, 6.45) is 2.95. The van der Waals surface area contributed by atoms with Crippen molar-refractivity contribution < 1.29 is 19.1 Å². The summed E-state index contributed by atoms with van der Waals surface area (Å²) in [5, 5.41) is 0. The monoisotopic (exact) mass is 269 g/mol. The topological polar surface area (TPSA) is 55.8 Å². The van der Waals surface area contributed by atoms with Gasteiger partial charge in [-0.05, 0) is 39.0 Å². The summed E-state index contributed by atoms with van der Waals surface area (Å²) in [6, 6.07) is 0.323. The van der Waals surface area contributed by atoms with Crippen LogP contribution in [0.1, 0.15) is 33.1 Å². The molecule has 2 heterocycles. The van der Waals surface area contributed by atoms with E-state index in [4.69, 9.17) is 9.47 Å². The van der Waals surface area contributed by atoms with Crippen molar-refractivity contribution in [3.63, 3.8) is 0 Å². The second-order valence-corrected chi connectivity index (χ2v) is 5.32. The zero-order chi connectivity index (χ0) is 13.8. The summed E-state index contributed by atoms with van der Waals surface area (Å²) in [5.74, 6) is 0.131. The predicted octanol–water partition coefficient (Wildman–Crippen LogP) is 1.21. The standard InChI is InChI=1S/C14H23NO4/c1-3-18-13(16)9-15-8-10-5-6-11(15)7-12(10)14(17)19-4-2/h10-12H,3-9H2,1-2H3/t10-,11-,12?/m0/s1. The first kappa shape index (κ1) is 14.3. The molecule has 1 unspecified atom stereocenters. The van der Waals surface area contributed by atoms with E-state index >= 15 is 0 Å². The molecule has 0 aromatic rings. The van der Waals surface area contributed by atoms with Crippen molar-refractivity contribution in [3.8, 4) is 0 Å². The lowest BCUT2D eigenvalue weighted by atomic mass is 9.72. The number of ether oxygens (including phenoxy) is 2. The predicted molar refractivity (Wildman–Crippen MR) is 69.5 cm³/mol. The van der Waals surface area contributed by atoms with Gasteiger partial charge in [0.15, 0.2) is 0 Å². The lowest BCUT2D eigenvalue weighted by Crippen LogP contribution is -2.55. The van der Waals surface area contributed by atoms with Crippen LogP contribution in [0.15, 0.2) is 0 Å². The molecule has 1 aliphatic carbocycles. The molecule has 2 saturated heterocycles. The molecule has 19 heavy (non-hydrogen) atoms. The summed E-state index contributed by atoms with van der Waals surface area (Å²) in [7, 11) is 0. The number of carbonyl (C=O) groups excluding carboxylic acids is 2. The Balaban J connectivity index is 1.90. The van der Waals surface area contributed by atoms with Crippen molar-refractivity contribution in [2.75, 3.05) is 26.3 Å². The first-order chi connectivity index (χ1) is 9.15. The van der Waals surface area contributed by atoms with Crippen molar-refractivity contribution in [2.45, 2.75) is 39.2 Å². The molecule has 3 fully saturated rings. The van der Waals surface area contributed by atoms with Gasteiger partial charge in [-0.25, -0.2) is 0 Å². The smallest absolute Gasteiger partial charge is 0.320 e. The van der Waals surface area contributed by atoms with E-state index < -0.39 is 0 Å². The van der Waals surface area contributed by atoms with Crippen LogP contribution in [0.4, 0.5) is 0 Å². The Morgan fingerprint density at radius 3 is 2.47 bits per heavy atom. The number of nitrogens with zero attached hydrogens (tertiary/aromatic N) is 1. The van der Waals surface area contributed by atoms with E-state index in [9.17, 15) is 9.59 Å². The number of hydrogen-bond donors (Lipinski definition) is 0. The van der Waals surface area contributed by atoms with Crippen molar-refractivity contribution in [1.29, 1.82) is 0 Å². The quantitative estimate of drug-likeness (QED) is 0.702. The number of rotatable bonds is 5. The molecule has 5 nitrogen and oxygen atoms in total. The Bertz CT molecular complexity index is 344. The molecule has 3 rings (SSSR count). The van der Waals surface area contributed by atoms with Crippen LogP contribution < -0.4 is 0 Å². The number of hydrogen-bond acceptors (Lipinski definition) is 5. The summed E-state index contributed by atoms with van der Waals surface area (Å²) in [5.41, 5.74) is 0. The molecule has 5 heteroatoms. The molecule has 1 saturated carbocycles. The highest BCUT2D eigenvalue weighted by atomic mass is 16.5. The Hall–Kier alpha value is -1.10. The Labute approximate surface area is 114 Å². The molecular formula is C14H23NO4. The first-order valence-electron chi connectivity index (χ1n) is 7.22. The second-order valence-electron chi connectivity index (χ2n) is 5.32. The average Bonchev–Trinajstić information content (AvgIpc) is 2.40. The molecule has 0 N–H and O–H groups in total. The molecular weight excluding hydrogens is 246 g/mol. The van der Waals surface area contributed by atoms with E-state index in [0.717, 1.165) is 25.8 Å². The highest BCUT2D eigenvalue weighted by molar-refractivity contribution is 5.74. The number of fused-ring (bicyclic) bond motifs is 3. The van der Waals surface area contributed by atoms with Crippen LogP contribution in [0.3, 0.4) is 0 Å². The van der Waals surface area contributed by atoms with Crippen LogP contribution in [0, 0.1) is 11.8 Å². The molecule has 0 spiro atoms. The summed E-state index contributed by atoms with van der Waals surface area (Å²) in [4.78, 5) is 25.6. The van der Waals surface area contributed by atoms with Crippen molar-refractivity contribution in [1.82, 2.24) is 4.90 Å². The molecule has 108 valence electrons. The molecule has 3 atom stereocenters. The van der Waals surface area contributed by atoms with E-state index in [-0.39, 0.29) is 17.9 Å². The van der Waals surface area contributed by atoms with Crippen LogP contribution in [0.5, 0.6) is 0 Å². The van der Waals surface area contributed by atoms with Gasteiger partial charge in [-0.1, -0.05) is 0 Å². The van der Waals surface area contributed by atoms with Gasteiger partial charge >= 0.3 is 11.9 Å². The first-order valence-corrected chi connectivity index (χ1v) is 7.22. The van der Waals surface area contributed by atoms with Gasteiger partial charge in [0.1, 0.15) is 0 Å². The maximum atomic E-state index is 11.9. The largest absolute Gasteiger partial charge is 0.466 e. The van der Waals surface area contributed by atoms with Crippen molar-refractivity contribution >= 4 is 11.9 Å². The number of esters is 2. The fourth-order valence-corrected chi connectivity index (χ4v) is 3.32. The third kappa shape index (κ3) is 3.26. The van der Waals surface area contributed by atoms with Gasteiger partial charge in [0.2, 0.25) is 0 Å². The van der Waals surface area contributed by atoms with Crippen molar-refractivity contribution in [2.24, 2.45) is 11.8 Å². The number of carbonyl (C=O) groups is 2. The Morgan fingerprint density at radius 2 is 1.89 bits per heavy atom. The van der Waals surface area contributed by atoms with Gasteiger partial charge < -0.3 is 9.47 Å². The van der Waals surface area contributed by atoms with Crippen LogP contribution >= 0.6 is 0 Å². The lowest BCUT2D eigenvalue weighted by Gasteiger charge is -2.48. The van der Waals surface area contributed by atoms with E-state index in [1.165, 1.54) is 0 Å². The van der Waals surface area contributed by atoms with Gasteiger partial charge in [0, 0.05) is 12.6 Å². The van der Waals surface area contributed by atoms with Crippen LogP contribution in [0.25, 0.3) is 0 Å². The summed E-state index contributed by atoms with van der Waals surface area (Å²) >= 11 is 0. The highest BCUT2D eigenvalue weighted by Crippen LogP contribution is 2.39. The van der Waals surface area contributed by atoms with Gasteiger partial charge in [-0.3, -0.25) is 14.5 Å². The molecule has 0 aromatic carbocycles. The number of piperidine rings is 2. The molecule has 2 aliphatic heterocycles. The third-order valence-corrected chi connectivity index (χ3v) is 4.18. The molecule has 2 bridgehead atoms. The van der Waals surface area contributed by atoms with Crippen LogP contribution in [-0.4, -0.2) is 49.2 Å². The highest BCUT2D eigenvalue weighted by Gasteiger charge is 2.44. The van der Waals surface area contributed by atoms with Crippen LogP contribution in [0.2, 0.25) is 0 Å². The van der Waals surface area contributed by atoms with E-state index in [1.807, 2.05) is 13.8 Å². The minimum Gasteiger partial charge on any atom is -0.466 e. The van der Waals surface area contributed by atoms with Crippen LogP contribution in [-0.2, 0) is 19.1 Å². The SMILES string of the molecule is CCOC(=O)CN1C[C@@H]2CC[C@H]1CC2C(=O)OCC. The third-order valence-electron chi connectivity index (χ3n) is 4.18. The Morgan fingerprint density at radius 1 is 1.16 bits per heavy atom. The fraction of sp³-hybridized carbons (Fsp3) is 0.857. The van der Waals surface area contributed by atoms with Gasteiger partial charge in [-0.2, -0.15) is 0 Å². The minimum absolute atomic E-state index is 0.0251. The summed E-state index contributed by atoms with van der Waals surface area (Å²) in [6.45, 7) is 5.69. The maximum absolute atomic E-state index is 11.9. The minimum atomic E-state index is -0.164. The van der Waals surface area contributed by atoms with E-state index in [2.05, 4.69) is 4.90 Å².